The molecule has 4 N–H and O–H groups in total. The molecule has 4 atom stereocenters. The zero-order chi connectivity index (χ0) is 18.5. The van der Waals surface area contributed by atoms with E-state index in [9.17, 15) is 9.59 Å². The maximum atomic E-state index is 12.0. The summed E-state index contributed by atoms with van der Waals surface area (Å²) >= 11 is 0. The van der Waals surface area contributed by atoms with Gasteiger partial charge in [0.15, 0.2) is 0 Å². The van der Waals surface area contributed by atoms with Crippen molar-refractivity contribution >= 4 is 18.9 Å². The van der Waals surface area contributed by atoms with E-state index in [-0.39, 0.29) is 42.1 Å². The van der Waals surface area contributed by atoms with Crippen LogP contribution in [-0.2, 0) is 18.9 Å². The van der Waals surface area contributed by atoms with Crippen LogP contribution in [0.3, 0.4) is 0 Å². The molecule has 4 aliphatic rings. The highest BCUT2D eigenvalue weighted by molar-refractivity contribution is 6.45. The highest BCUT2D eigenvalue weighted by Gasteiger charge is 2.75. The molecular formula is C17H30BN3O4. The largest absolute Gasteiger partial charge is 0.457 e. The summed E-state index contributed by atoms with van der Waals surface area (Å²) in [6.07, 6.45) is 4.30. The Bertz CT molecular complexity index is 572. The van der Waals surface area contributed by atoms with Crippen LogP contribution >= 0.6 is 0 Å². The molecule has 7 nitrogen and oxygen atoms in total. The molecule has 8 heteroatoms. The van der Waals surface area contributed by atoms with Gasteiger partial charge >= 0.3 is 7.12 Å². The van der Waals surface area contributed by atoms with Gasteiger partial charge in [0.25, 0.3) is 0 Å². The van der Waals surface area contributed by atoms with Gasteiger partial charge in [0.05, 0.1) is 23.8 Å². The molecule has 0 aromatic carbocycles. The van der Waals surface area contributed by atoms with Gasteiger partial charge in [0.2, 0.25) is 11.8 Å². The van der Waals surface area contributed by atoms with Crippen LogP contribution < -0.4 is 16.4 Å². The first-order valence-electron chi connectivity index (χ1n) is 9.25. The van der Waals surface area contributed by atoms with E-state index in [1.165, 1.54) is 13.5 Å². The molecule has 1 heterocycles. The molecule has 1 saturated heterocycles. The van der Waals surface area contributed by atoms with Crippen molar-refractivity contribution in [1.82, 2.24) is 10.6 Å². The SMILES string of the molecule is CNC(=O)CNC(=O)[C@@H](N)CCB1O[C@]23C[C@H](CC[C@]2(C)O1)C3(C)C. The van der Waals surface area contributed by atoms with Gasteiger partial charge in [-0.05, 0) is 50.3 Å². The fourth-order valence-electron chi connectivity index (χ4n) is 5.04. The standard InChI is InChI=1S/C17H30BN3O4/c1-15(2)11-5-7-16(3)17(15,9-11)25-18(24-16)8-6-12(19)14(23)21-10-13(22)20-4/h11-12H,5-10,19H2,1-4H3,(H,20,22)(H,21,23)/t11-,12-,16-,17-/m0/s1. The number of nitrogens with two attached hydrogens (primary N) is 1. The van der Waals surface area contributed by atoms with E-state index in [4.69, 9.17) is 15.0 Å². The quantitative estimate of drug-likeness (QED) is 0.603. The molecule has 0 unspecified atom stereocenters. The normalized spacial score (nSPS) is 36.2. The second-order valence-corrected chi connectivity index (χ2v) is 8.46. The van der Waals surface area contributed by atoms with Crippen LogP contribution in [0.25, 0.3) is 0 Å². The summed E-state index contributed by atoms with van der Waals surface area (Å²) in [5, 5.41) is 4.99. The van der Waals surface area contributed by atoms with Crippen LogP contribution in [0, 0.1) is 11.3 Å². The minimum Gasteiger partial charge on any atom is -0.403 e. The van der Waals surface area contributed by atoms with E-state index >= 15 is 0 Å². The average Bonchev–Trinajstić information content (AvgIpc) is 2.92. The third-order valence-corrected chi connectivity index (χ3v) is 6.90. The number of nitrogens with one attached hydrogen (secondary N) is 2. The predicted molar refractivity (Wildman–Crippen MR) is 94.7 cm³/mol. The summed E-state index contributed by atoms with van der Waals surface area (Å²) in [4.78, 5) is 23.1. The van der Waals surface area contributed by atoms with E-state index in [2.05, 4.69) is 31.4 Å². The molecule has 25 heavy (non-hydrogen) atoms. The van der Waals surface area contributed by atoms with E-state index in [1.54, 1.807) is 0 Å². The zero-order valence-corrected chi connectivity index (χ0v) is 15.7. The number of carbonyl (C=O) groups excluding carboxylic acids is 2. The topological polar surface area (TPSA) is 103 Å². The number of likely N-dealkylation sites (N-methyl/N-ethyl adjacent to an activating group) is 1. The maximum absolute atomic E-state index is 12.0. The highest BCUT2D eigenvalue weighted by Crippen LogP contribution is 2.70. The lowest BCUT2D eigenvalue weighted by molar-refractivity contribution is -0.257. The number of amides is 2. The Hall–Kier alpha value is -1.12. The molecule has 0 aromatic rings. The molecule has 3 saturated carbocycles. The number of fused-ring (bicyclic) bond motifs is 1. The van der Waals surface area contributed by atoms with Gasteiger partial charge in [-0.3, -0.25) is 9.59 Å². The second kappa shape index (κ2) is 6.25. The van der Waals surface area contributed by atoms with E-state index < -0.39 is 6.04 Å². The summed E-state index contributed by atoms with van der Waals surface area (Å²) in [5.41, 5.74) is 5.61. The number of hydrogen-bond donors (Lipinski definition) is 3. The highest BCUT2D eigenvalue weighted by atomic mass is 16.7. The van der Waals surface area contributed by atoms with Crippen molar-refractivity contribution in [2.45, 2.75) is 70.0 Å². The molecule has 2 bridgehead atoms. The van der Waals surface area contributed by atoms with Gasteiger partial charge in [-0.15, -0.1) is 0 Å². The molecule has 140 valence electrons. The molecule has 0 radical (unpaired) electrons. The monoisotopic (exact) mass is 351 g/mol. The number of carbonyl (C=O) groups is 2. The van der Waals surface area contributed by atoms with Gasteiger partial charge in [-0.1, -0.05) is 13.8 Å². The Kier molecular flexibility index (Phi) is 4.67. The van der Waals surface area contributed by atoms with Crippen molar-refractivity contribution in [3.63, 3.8) is 0 Å². The van der Waals surface area contributed by atoms with E-state index in [1.807, 2.05) is 0 Å². The molecule has 2 amide bonds. The molecule has 0 aromatic heterocycles. The van der Waals surface area contributed by atoms with E-state index in [0.29, 0.717) is 18.7 Å². The fraction of sp³-hybridized carbons (Fsp3) is 0.882. The van der Waals surface area contributed by atoms with E-state index in [0.717, 1.165) is 12.8 Å². The number of rotatable bonds is 6. The van der Waals surface area contributed by atoms with Crippen molar-refractivity contribution in [3.8, 4) is 0 Å². The lowest BCUT2D eigenvalue weighted by Crippen LogP contribution is -2.73. The van der Waals surface area contributed by atoms with Crippen LogP contribution in [0.2, 0.25) is 6.32 Å². The van der Waals surface area contributed by atoms with Crippen LogP contribution in [0.4, 0.5) is 0 Å². The van der Waals surface area contributed by atoms with Gasteiger partial charge in [-0.25, -0.2) is 0 Å². The fourth-order valence-corrected chi connectivity index (χ4v) is 5.04. The van der Waals surface area contributed by atoms with Crippen molar-refractivity contribution in [2.75, 3.05) is 13.6 Å². The first-order chi connectivity index (χ1) is 11.6. The van der Waals surface area contributed by atoms with Gasteiger partial charge in [0, 0.05) is 7.05 Å². The smallest absolute Gasteiger partial charge is 0.403 e. The average molecular weight is 351 g/mol. The van der Waals surface area contributed by atoms with Crippen molar-refractivity contribution < 1.29 is 18.9 Å². The molecule has 4 fully saturated rings. The third kappa shape index (κ3) is 2.78. The minimum absolute atomic E-state index is 0.0593. The molecule has 1 aliphatic heterocycles. The first-order valence-corrected chi connectivity index (χ1v) is 9.25. The second-order valence-electron chi connectivity index (χ2n) is 8.46. The van der Waals surface area contributed by atoms with Crippen molar-refractivity contribution in [3.05, 3.63) is 0 Å². The maximum Gasteiger partial charge on any atom is 0.457 e. The van der Waals surface area contributed by atoms with Gasteiger partial charge < -0.3 is 25.7 Å². The third-order valence-electron chi connectivity index (χ3n) is 6.90. The lowest BCUT2D eigenvalue weighted by Gasteiger charge is -2.69. The molecule has 1 spiro atoms. The minimum atomic E-state index is -0.674. The summed E-state index contributed by atoms with van der Waals surface area (Å²) < 4.78 is 12.7. The Morgan fingerprint density at radius 1 is 1.32 bits per heavy atom. The lowest BCUT2D eigenvalue weighted by atomic mass is 9.41. The molecular weight excluding hydrogens is 321 g/mol. The number of hydrogen-bond acceptors (Lipinski definition) is 5. The van der Waals surface area contributed by atoms with Crippen LogP contribution in [-0.4, -0.2) is 49.8 Å². The Labute approximate surface area is 149 Å². The first kappa shape index (κ1) is 18.7. The van der Waals surface area contributed by atoms with Crippen LogP contribution in [0.1, 0.15) is 46.5 Å². The Balaban J connectivity index is 1.52. The summed E-state index contributed by atoms with van der Waals surface area (Å²) in [7, 11) is 1.20. The summed E-state index contributed by atoms with van der Waals surface area (Å²) in [5.74, 6) is 0.133. The zero-order valence-electron chi connectivity index (χ0n) is 15.7. The Morgan fingerprint density at radius 2 is 2.04 bits per heavy atom. The van der Waals surface area contributed by atoms with Crippen molar-refractivity contribution in [1.29, 1.82) is 0 Å². The molecule has 3 aliphatic carbocycles. The van der Waals surface area contributed by atoms with Gasteiger partial charge in [-0.2, -0.15) is 0 Å². The summed E-state index contributed by atoms with van der Waals surface area (Å²) in [6.45, 7) is 6.67. The Morgan fingerprint density at radius 3 is 2.64 bits per heavy atom. The van der Waals surface area contributed by atoms with Crippen LogP contribution in [0.15, 0.2) is 0 Å². The van der Waals surface area contributed by atoms with Crippen LogP contribution in [0.5, 0.6) is 0 Å². The predicted octanol–water partition coefficient (Wildman–Crippen LogP) is 0.438. The summed E-state index contributed by atoms with van der Waals surface area (Å²) in [6, 6.07) is -0.674. The van der Waals surface area contributed by atoms with Crippen molar-refractivity contribution in [2.24, 2.45) is 17.1 Å². The molecule has 4 rings (SSSR count). The van der Waals surface area contributed by atoms with Gasteiger partial charge in [0.1, 0.15) is 0 Å².